The zero-order valence-electron chi connectivity index (χ0n) is 12.5. The summed E-state index contributed by atoms with van der Waals surface area (Å²) in [5.41, 5.74) is 0.644. The molecular weight excluding hydrogens is 313 g/mol. The van der Waals surface area contributed by atoms with Crippen molar-refractivity contribution in [3.05, 3.63) is 30.1 Å². The van der Waals surface area contributed by atoms with Crippen molar-refractivity contribution in [3.63, 3.8) is 0 Å². The first kappa shape index (κ1) is 17.1. The fraction of sp³-hybridized carbons (Fsp3) is 0.429. The number of amides is 2. The lowest BCUT2D eigenvalue weighted by atomic mass is 10.3. The number of nitrogens with zero attached hydrogens (tertiary/aromatic N) is 2. The van der Waals surface area contributed by atoms with Gasteiger partial charge in [-0.1, -0.05) is 12.1 Å². The number of fused-ring (bicyclic) bond motifs is 1. The predicted octanol–water partition coefficient (Wildman–Crippen LogP) is 2.00. The summed E-state index contributed by atoms with van der Waals surface area (Å²) in [5.74, 6) is -0.972. The first-order chi connectivity index (χ1) is 10.9. The van der Waals surface area contributed by atoms with Crippen molar-refractivity contribution in [3.8, 4) is 0 Å². The summed E-state index contributed by atoms with van der Waals surface area (Å²) in [6.45, 7) is 0.692. The molecule has 0 aliphatic heterocycles. The van der Waals surface area contributed by atoms with Gasteiger partial charge >= 0.3 is 12.2 Å². The van der Waals surface area contributed by atoms with Gasteiger partial charge in [-0.25, -0.2) is 9.78 Å². The first-order valence-corrected chi connectivity index (χ1v) is 6.96. The third kappa shape index (κ3) is 4.35. The van der Waals surface area contributed by atoms with E-state index >= 15 is 0 Å². The number of hydrogen-bond donors (Lipinski definition) is 2. The molecule has 0 aliphatic carbocycles. The zero-order valence-corrected chi connectivity index (χ0v) is 12.5. The molecule has 0 bridgehead atoms. The number of aromatic nitrogens is 2. The molecule has 126 valence electrons. The normalized spacial score (nSPS) is 11.7. The van der Waals surface area contributed by atoms with Crippen molar-refractivity contribution in [2.45, 2.75) is 12.7 Å². The minimum absolute atomic E-state index is 0.0347. The second kappa shape index (κ2) is 7.32. The third-order valence-electron chi connectivity index (χ3n) is 3.12. The van der Waals surface area contributed by atoms with Crippen LogP contribution in [-0.4, -0.2) is 42.4 Å². The number of imidazole rings is 1. The van der Waals surface area contributed by atoms with Crippen LogP contribution in [0.2, 0.25) is 0 Å². The van der Waals surface area contributed by atoms with E-state index in [1.54, 1.807) is 18.2 Å². The average molecular weight is 330 g/mol. The molecule has 0 saturated carbocycles. The van der Waals surface area contributed by atoms with Crippen LogP contribution in [0, 0.1) is 0 Å². The number of urea groups is 1. The predicted molar refractivity (Wildman–Crippen MR) is 78.0 cm³/mol. The number of benzene rings is 1. The standard InChI is InChI=1S/C14H17F3N4O2/c1-23-9-7-19-13(22)18-6-8-21-11-5-3-2-4-10(11)20-12(21)14(15,16)17/h2-5H,6-9H2,1H3,(H2,18,19,22). The number of nitrogens with one attached hydrogen (secondary N) is 2. The number of para-hydroxylation sites is 2. The van der Waals surface area contributed by atoms with E-state index < -0.39 is 18.0 Å². The Bertz CT molecular complexity index is 670. The monoisotopic (exact) mass is 330 g/mol. The van der Waals surface area contributed by atoms with Crippen LogP contribution in [0.3, 0.4) is 0 Å². The summed E-state index contributed by atoms with van der Waals surface area (Å²) >= 11 is 0. The Morgan fingerprint density at radius 3 is 2.65 bits per heavy atom. The topological polar surface area (TPSA) is 68.2 Å². The Labute approximate surface area is 130 Å². The quantitative estimate of drug-likeness (QED) is 0.796. The molecule has 2 rings (SSSR count). The van der Waals surface area contributed by atoms with Crippen LogP contribution in [0.25, 0.3) is 11.0 Å². The lowest BCUT2D eigenvalue weighted by Crippen LogP contribution is -2.38. The summed E-state index contributed by atoms with van der Waals surface area (Å²) in [7, 11) is 1.50. The van der Waals surface area contributed by atoms with Gasteiger partial charge in [-0.3, -0.25) is 0 Å². The summed E-state index contributed by atoms with van der Waals surface area (Å²) in [6, 6.07) is 5.90. The number of alkyl halides is 3. The van der Waals surface area contributed by atoms with E-state index in [0.29, 0.717) is 18.7 Å². The SMILES string of the molecule is COCCNC(=O)NCCn1c(C(F)(F)F)nc2ccccc21. The molecule has 2 aromatic rings. The third-order valence-corrected chi connectivity index (χ3v) is 3.12. The minimum Gasteiger partial charge on any atom is -0.383 e. The highest BCUT2D eigenvalue weighted by Gasteiger charge is 2.37. The second-order valence-corrected chi connectivity index (χ2v) is 4.75. The highest BCUT2D eigenvalue weighted by atomic mass is 19.4. The van der Waals surface area contributed by atoms with Gasteiger partial charge in [0.25, 0.3) is 0 Å². The van der Waals surface area contributed by atoms with Crippen LogP contribution < -0.4 is 10.6 Å². The van der Waals surface area contributed by atoms with Crippen molar-refractivity contribution in [2.75, 3.05) is 26.8 Å². The van der Waals surface area contributed by atoms with Crippen molar-refractivity contribution in [1.82, 2.24) is 20.2 Å². The van der Waals surface area contributed by atoms with E-state index in [1.165, 1.54) is 13.2 Å². The summed E-state index contributed by atoms with van der Waals surface area (Å²) in [6.07, 6.45) is -4.56. The van der Waals surface area contributed by atoms with E-state index in [-0.39, 0.29) is 18.6 Å². The van der Waals surface area contributed by atoms with Crippen molar-refractivity contribution in [1.29, 1.82) is 0 Å². The highest BCUT2D eigenvalue weighted by Crippen LogP contribution is 2.31. The van der Waals surface area contributed by atoms with E-state index in [2.05, 4.69) is 15.6 Å². The van der Waals surface area contributed by atoms with Gasteiger partial charge in [0.1, 0.15) is 0 Å². The molecule has 1 aromatic heterocycles. The van der Waals surface area contributed by atoms with E-state index in [1.807, 2.05) is 0 Å². The molecule has 0 atom stereocenters. The molecule has 0 aliphatic rings. The molecular formula is C14H17F3N4O2. The van der Waals surface area contributed by atoms with Crippen molar-refractivity contribution >= 4 is 17.1 Å². The van der Waals surface area contributed by atoms with Crippen molar-refractivity contribution in [2.24, 2.45) is 0 Å². The lowest BCUT2D eigenvalue weighted by molar-refractivity contribution is -0.146. The van der Waals surface area contributed by atoms with Gasteiger partial charge in [0, 0.05) is 26.7 Å². The van der Waals surface area contributed by atoms with Gasteiger partial charge in [-0.15, -0.1) is 0 Å². The van der Waals surface area contributed by atoms with Crippen LogP contribution in [0.1, 0.15) is 5.82 Å². The maximum Gasteiger partial charge on any atom is 0.449 e. The van der Waals surface area contributed by atoms with Crippen LogP contribution in [0.4, 0.5) is 18.0 Å². The van der Waals surface area contributed by atoms with Crippen LogP contribution in [-0.2, 0) is 17.5 Å². The fourth-order valence-electron chi connectivity index (χ4n) is 2.13. The summed E-state index contributed by atoms with van der Waals surface area (Å²) in [4.78, 5) is 15.1. The molecule has 1 aromatic carbocycles. The van der Waals surface area contributed by atoms with Crippen LogP contribution in [0.5, 0.6) is 0 Å². The summed E-state index contributed by atoms with van der Waals surface area (Å²) < 4.78 is 45.1. The minimum atomic E-state index is -4.56. The van der Waals surface area contributed by atoms with Gasteiger partial charge in [0.05, 0.1) is 17.6 Å². The summed E-state index contributed by atoms with van der Waals surface area (Å²) in [5, 5.41) is 5.03. The van der Waals surface area contributed by atoms with Crippen molar-refractivity contribution < 1.29 is 22.7 Å². The number of rotatable bonds is 6. The Balaban J connectivity index is 2.06. The van der Waals surface area contributed by atoms with Gasteiger partial charge in [0.15, 0.2) is 0 Å². The van der Waals surface area contributed by atoms with Crippen LogP contribution in [0.15, 0.2) is 24.3 Å². The average Bonchev–Trinajstić information content (AvgIpc) is 2.87. The molecule has 0 saturated heterocycles. The van der Waals surface area contributed by atoms with E-state index in [9.17, 15) is 18.0 Å². The maximum atomic E-state index is 13.1. The van der Waals surface area contributed by atoms with Gasteiger partial charge in [-0.05, 0) is 12.1 Å². The Morgan fingerprint density at radius 1 is 1.26 bits per heavy atom. The highest BCUT2D eigenvalue weighted by molar-refractivity contribution is 5.76. The molecule has 1 heterocycles. The largest absolute Gasteiger partial charge is 0.449 e. The number of carbonyl (C=O) groups excluding carboxylic acids is 1. The number of halogens is 3. The molecule has 23 heavy (non-hydrogen) atoms. The van der Waals surface area contributed by atoms with E-state index in [0.717, 1.165) is 4.57 Å². The maximum absolute atomic E-state index is 13.1. The van der Waals surface area contributed by atoms with Gasteiger partial charge < -0.3 is 19.9 Å². The second-order valence-electron chi connectivity index (χ2n) is 4.75. The lowest BCUT2D eigenvalue weighted by Gasteiger charge is -2.12. The Hall–Kier alpha value is -2.29. The van der Waals surface area contributed by atoms with E-state index in [4.69, 9.17) is 4.74 Å². The molecule has 0 spiro atoms. The first-order valence-electron chi connectivity index (χ1n) is 6.96. The smallest absolute Gasteiger partial charge is 0.383 e. The Kier molecular flexibility index (Phi) is 5.43. The number of carbonyl (C=O) groups is 1. The molecule has 0 unspecified atom stereocenters. The fourth-order valence-corrected chi connectivity index (χ4v) is 2.13. The number of hydrogen-bond acceptors (Lipinski definition) is 3. The zero-order chi connectivity index (χ0) is 16.9. The molecule has 2 amide bonds. The van der Waals surface area contributed by atoms with Crippen LogP contribution >= 0.6 is 0 Å². The number of ether oxygens (including phenoxy) is 1. The van der Waals surface area contributed by atoms with Gasteiger partial charge in [-0.2, -0.15) is 13.2 Å². The van der Waals surface area contributed by atoms with Gasteiger partial charge in [0.2, 0.25) is 5.82 Å². The number of methoxy groups -OCH3 is 1. The Morgan fingerprint density at radius 2 is 1.96 bits per heavy atom. The molecule has 9 heteroatoms. The molecule has 0 fully saturated rings. The molecule has 0 radical (unpaired) electrons. The molecule has 6 nitrogen and oxygen atoms in total. The molecule has 2 N–H and O–H groups in total.